The molecule has 0 saturated carbocycles. The second-order valence-electron chi connectivity index (χ2n) is 8.08. The average Bonchev–Trinajstić information content (AvgIpc) is 3.49. The van der Waals surface area contributed by atoms with Gasteiger partial charge in [0.15, 0.2) is 5.82 Å². The highest BCUT2D eigenvalue weighted by Crippen LogP contribution is 2.30. The Labute approximate surface area is 200 Å². The van der Waals surface area contributed by atoms with Gasteiger partial charge in [-0.2, -0.15) is 5.10 Å². The number of nitrogens with one attached hydrogen (secondary N) is 3. The molecule has 9 heteroatoms. The molecule has 0 radical (unpaired) electrons. The molecular formula is C25H24N6O2S. The summed E-state index contributed by atoms with van der Waals surface area (Å²) >= 11 is 1.47. The van der Waals surface area contributed by atoms with Crippen LogP contribution in [0.3, 0.4) is 0 Å². The van der Waals surface area contributed by atoms with E-state index in [1.165, 1.54) is 11.3 Å². The van der Waals surface area contributed by atoms with Crippen LogP contribution < -0.4 is 10.6 Å². The number of aromatic amines is 1. The summed E-state index contributed by atoms with van der Waals surface area (Å²) in [6.45, 7) is 2.59. The summed E-state index contributed by atoms with van der Waals surface area (Å²) in [5, 5.41) is 15.4. The molecule has 0 aliphatic heterocycles. The van der Waals surface area contributed by atoms with E-state index in [1.807, 2.05) is 55.5 Å². The fourth-order valence-corrected chi connectivity index (χ4v) is 4.68. The van der Waals surface area contributed by atoms with Crippen molar-refractivity contribution in [2.45, 2.75) is 19.4 Å². The molecule has 1 atom stereocenters. The lowest BCUT2D eigenvalue weighted by atomic mass is 10.1. The Hall–Kier alpha value is -3.82. The molecule has 0 spiro atoms. The summed E-state index contributed by atoms with van der Waals surface area (Å²) in [5.41, 5.74) is 2.79. The normalized spacial score (nSPS) is 12.2. The summed E-state index contributed by atoms with van der Waals surface area (Å²) in [6.07, 6.45) is 4.30. The molecule has 172 valence electrons. The van der Waals surface area contributed by atoms with Crippen LogP contribution in [-0.2, 0) is 4.74 Å². The highest BCUT2D eigenvalue weighted by atomic mass is 32.1. The number of rotatable bonds is 8. The SMILES string of the molecule is COCCC(C)NC(=O)c1cc2ccc(-c3nccc(Nc4ccc5[nH]ncc5c4)n3)cc2s1. The monoisotopic (exact) mass is 472 g/mol. The van der Waals surface area contributed by atoms with Gasteiger partial charge in [0.25, 0.3) is 5.91 Å². The van der Waals surface area contributed by atoms with Gasteiger partial charge in [-0.3, -0.25) is 9.89 Å². The number of nitrogens with zero attached hydrogens (tertiary/aromatic N) is 3. The number of carbonyl (C=O) groups excluding carboxylic acids is 1. The van der Waals surface area contributed by atoms with Crippen LogP contribution in [0.25, 0.3) is 32.4 Å². The van der Waals surface area contributed by atoms with E-state index < -0.39 is 0 Å². The zero-order valence-electron chi connectivity index (χ0n) is 18.8. The number of anilines is 2. The quantitative estimate of drug-likeness (QED) is 0.289. The summed E-state index contributed by atoms with van der Waals surface area (Å²) in [5.74, 6) is 1.25. The van der Waals surface area contributed by atoms with E-state index in [4.69, 9.17) is 9.72 Å². The van der Waals surface area contributed by atoms with E-state index >= 15 is 0 Å². The second kappa shape index (κ2) is 9.58. The van der Waals surface area contributed by atoms with Crippen molar-refractivity contribution in [3.8, 4) is 11.4 Å². The van der Waals surface area contributed by atoms with Gasteiger partial charge >= 0.3 is 0 Å². The molecule has 1 unspecified atom stereocenters. The van der Waals surface area contributed by atoms with Crippen molar-refractivity contribution in [1.29, 1.82) is 0 Å². The first-order valence-electron chi connectivity index (χ1n) is 11.0. The number of thiophene rings is 1. The number of H-pyrrole nitrogens is 1. The van der Waals surface area contributed by atoms with E-state index in [2.05, 4.69) is 25.8 Å². The highest BCUT2D eigenvalue weighted by Gasteiger charge is 2.14. The fourth-order valence-electron chi connectivity index (χ4n) is 3.68. The Morgan fingerprint density at radius 2 is 2.06 bits per heavy atom. The minimum absolute atomic E-state index is 0.0473. The Balaban J connectivity index is 1.35. The van der Waals surface area contributed by atoms with E-state index in [-0.39, 0.29) is 11.9 Å². The number of ether oxygens (including phenoxy) is 1. The molecule has 3 N–H and O–H groups in total. The predicted molar refractivity (Wildman–Crippen MR) is 136 cm³/mol. The fraction of sp³-hybridized carbons (Fsp3) is 0.200. The first-order valence-corrected chi connectivity index (χ1v) is 11.8. The van der Waals surface area contributed by atoms with E-state index in [0.717, 1.165) is 38.7 Å². The van der Waals surface area contributed by atoms with Crippen LogP contribution in [0.15, 0.2) is 60.9 Å². The van der Waals surface area contributed by atoms with Gasteiger partial charge in [-0.15, -0.1) is 11.3 Å². The minimum atomic E-state index is -0.0663. The minimum Gasteiger partial charge on any atom is -0.385 e. The number of carbonyl (C=O) groups is 1. The number of hydrogen-bond acceptors (Lipinski definition) is 7. The molecule has 5 aromatic rings. The molecule has 0 aliphatic rings. The summed E-state index contributed by atoms with van der Waals surface area (Å²) in [4.78, 5) is 22.5. The van der Waals surface area contributed by atoms with Gasteiger partial charge in [0, 0.05) is 47.3 Å². The van der Waals surface area contributed by atoms with Crippen molar-refractivity contribution < 1.29 is 9.53 Å². The lowest BCUT2D eigenvalue weighted by Gasteiger charge is -2.12. The van der Waals surface area contributed by atoms with Gasteiger partial charge in [-0.1, -0.05) is 12.1 Å². The van der Waals surface area contributed by atoms with Crippen molar-refractivity contribution in [3.63, 3.8) is 0 Å². The van der Waals surface area contributed by atoms with E-state index in [1.54, 1.807) is 19.5 Å². The Bertz CT molecular complexity index is 1460. The maximum Gasteiger partial charge on any atom is 0.261 e. The zero-order valence-corrected chi connectivity index (χ0v) is 19.6. The van der Waals surface area contributed by atoms with Gasteiger partial charge < -0.3 is 15.4 Å². The lowest BCUT2D eigenvalue weighted by molar-refractivity contribution is 0.0933. The van der Waals surface area contributed by atoms with Crippen molar-refractivity contribution in [2.75, 3.05) is 19.0 Å². The molecule has 3 heterocycles. The van der Waals surface area contributed by atoms with Gasteiger partial charge in [0.2, 0.25) is 0 Å². The number of benzene rings is 2. The molecule has 0 fully saturated rings. The average molecular weight is 473 g/mol. The standard InChI is InChI=1S/C25H24N6O2S/c1-15(8-10-33-2)28-25(32)22-12-16-3-4-17(13-21(16)34-22)24-26-9-7-23(30-24)29-19-5-6-20-18(11-19)14-27-31-20/h3-7,9,11-15H,8,10H2,1-2H3,(H,27,31)(H,28,32)(H,26,29,30). The molecule has 34 heavy (non-hydrogen) atoms. The van der Waals surface area contributed by atoms with Crippen molar-refractivity contribution in [3.05, 3.63) is 65.8 Å². The molecule has 0 aliphatic carbocycles. The summed E-state index contributed by atoms with van der Waals surface area (Å²) < 4.78 is 6.10. The van der Waals surface area contributed by atoms with E-state index in [0.29, 0.717) is 23.1 Å². The Morgan fingerprint density at radius 3 is 2.94 bits per heavy atom. The van der Waals surface area contributed by atoms with Crippen molar-refractivity contribution in [2.24, 2.45) is 0 Å². The first-order chi connectivity index (χ1) is 16.6. The van der Waals surface area contributed by atoms with Crippen molar-refractivity contribution in [1.82, 2.24) is 25.5 Å². The molecule has 5 rings (SSSR count). The predicted octanol–water partition coefficient (Wildman–Crippen LogP) is 5.13. The molecule has 1 amide bonds. The molecule has 8 nitrogen and oxygen atoms in total. The van der Waals surface area contributed by atoms with Gasteiger partial charge in [-0.05, 0) is 55.1 Å². The van der Waals surface area contributed by atoms with Crippen molar-refractivity contribution >= 4 is 49.7 Å². The molecule has 0 saturated heterocycles. The third-order valence-corrected chi connectivity index (χ3v) is 6.60. The largest absolute Gasteiger partial charge is 0.385 e. The second-order valence-corrected chi connectivity index (χ2v) is 9.17. The molecular weight excluding hydrogens is 448 g/mol. The van der Waals surface area contributed by atoms with Crippen LogP contribution in [0.4, 0.5) is 11.5 Å². The summed E-state index contributed by atoms with van der Waals surface area (Å²) in [6, 6.07) is 15.8. The molecule has 2 aromatic carbocycles. The number of fused-ring (bicyclic) bond motifs is 2. The van der Waals surface area contributed by atoms with Crippen LogP contribution in [0.1, 0.15) is 23.0 Å². The van der Waals surface area contributed by atoms with Crippen LogP contribution in [0, 0.1) is 0 Å². The molecule has 3 aromatic heterocycles. The van der Waals surface area contributed by atoms with Gasteiger partial charge in [-0.25, -0.2) is 9.97 Å². The zero-order chi connectivity index (χ0) is 23.5. The smallest absolute Gasteiger partial charge is 0.261 e. The van der Waals surface area contributed by atoms with Crippen LogP contribution in [-0.4, -0.2) is 45.8 Å². The third kappa shape index (κ3) is 4.75. The Morgan fingerprint density at radius 1 is 1.15 bits per heavy atom. The lowest BCUT2D eigenvalue weighted by Crippen LogP contribution is -2.32. The molecule has 0 bridgehead atoms. The first kappa shape index (κ1) is 22.0. The van der Waals surface area contributed by atoms with Gasteiger partial charge in [0.05, 0.1) is 16.6 Å². The summed E-state index contributed by atoms with van der Waals surface area (Å²) in [7, 11) is 1.66. The maximum atomic E-state index is 12.6. The van der Waals surface area contributed by atoms with Crippen LogP contribution >= 0.6 is 11.3 Å². The van der Waals surface area contributed by atoms with E-state index in [9.17, 15) is 4.79 Å². The topological polar surface area (TPSA) is 105 Å². The van der Waals surface area contributed by atoms with Crippen LogP contribution in [0.5, 0.6) is 0 Å². The Kier molecular flexibility index (Phi) is 6.20. The number of amides is 1. The third-order valence-electron chi connectivity index (χ3n) is 5.50. The van der Waals surface area contributed by atoms with Crippen LogP contribution in [0.2, 0.25) is 0 Å². The highest BCUT2D eigenvalue weighted by molar-refractivity contribution is 7.20. The number of hydrogen-bond donors (Lipinski definition) is 3. The maximum absolute atomic E-state index is 12.6. The number of methoxy groups -OCH3 is 1. The number of aromatic nitrogens is 4. The van der Waals surface area contributed by atoms with Gasteiger partial charge in [0.1, 0.15) is 5.82 Å².